The summed E-state index contributed by atoms with van der Waals surface area (Å²) in [4.78, 5) is 8.73. The summed E-state index contributed by atoms with van der Waals surface area (Å²) in [6.07, 6.45) is 3.75. The fourth-order valence-electron chi connectivity index (χ4n) is 3.35. The molecule has 0 radical (unpaired) electrons. The molecule has 0 spiro atoms. The summed E-state index contributed by atoms with van der Waals surface area (Å²) < 4.78 is 1.91. The molecule has 0 saturated carbocycles. The van der Waals surface area contributed by atoms with E-state index in [4.69, 9.17) is 28.9 Å². The van der Waals surface area contributed by atoms with Crippen molar-refractivity contribution in [2.45, 2.75) is 29.6 Å². The van der Waals surface area contributed by atoms with Gasteiger partial charge in [-0.25, -0.2) is 4.98 Å². The number of piperidine rings is 1. The molecule has 1 fully saturated rings. The van der Waals surface area contributed by atoms with Crippen LogP contribution in [-0.4, -0.2) is 34.2 Å². The molecular formula is C19H21Cl2N5S. The van der Waals surface area contributed by atoms with Crippen LogP contribution < -0.4 is 10.6 Å². The fourth-order valence-corrected chi connectivity index (χ4v) is 4.77. The van der Waals surface area contributed by atoms with Crippen LogP contribution in [0.2, 0.25) is 10.0 Å². The number of aromatic nitrogens is 3. The predicted octanol–water partition coefficient (Wildman–Crippen LogP) is 4.75. The van der Waals surface area contributed by atoms with Gasteiger partial charge in [-0.1, -0.05) is 48.0 Å². The largest absolute Gasteiger partial charge is 0.356 e. The zero-order valence-electron chi connectivity index (χ0n) is 15.0. The number of hydrogen-bond donors (Lipinski definition) is 1. The zero-order chi connectivity index (χ0) is 19.0. The fraction of sp³-hybridized carbons (Fsp3) is 0.368. The number of rotatable bonds is 4. The number of nitrogens with two attached hydrogens (primary N) is 1. The van der Waals surface area contributed by atoms with Crippen LogP contribution in [0, 0.1) is 5.41 Å². The third-order valence-electron chi connectivity index (χ3n) is 5.29. The van der Waals surface area contributed by atoms with Crippen LogP contribution in [-0.2, 0) is 0 Å². The molecule has 1 aliphatic rings. The van der Waals surface area contributed by atoms with Gasteiger partial charge in [0.1, 0.15) is 12.1 Å². The van der Waals surface area contributed by atoms with Crippen LogP contribution in [0.1, 0.15) is 19.8 Å². The van der Waals surface area contributed by atoms with Gasteiger partial charge in [-0.05, 0) is 49.1 Å². The molecule has 0 bridgehead atoms. The van der Waals surface area contributed by atoms with E-state index in [2.05, 4.69) is 34.0 Å². The Hall–Kier alpha value is -1.47. The molecule has 5 nitrogen and oxygen atoms in total. The molecule has 1 saturated heterocycles. The van der Waals surface area contributed by atoms with Gasteiger partial charge in [0.2, 0.25) is 0 Å². The van der Waals surface area contributed by atoms with Crippen LogP contribution in [0.5, 0.6) is 0 Å². The monoisotopic (exact) mass is 421 g/mol. The molecule has 1 aromatic carbocycles. The van der Waals surface area contributed by atoms with Crippen molar-refractivity contribution in [3.8, 4) is 0 Å². The standard InChI is InChI=1S/C19H21Cl2N5S/c1-19(11-22)7-9-25(10-8-19)16-6-5-15(18-23-12-24-26(16)18)27-14-4-2-3-13(20)17(14)21/h2-6,12H,7-11,22H2,1H3. The minimum absolute atomic E-state index is 0.233. The van der Waals surface area contributed by atoms with Gasteiger partial charge < -0.3 is 10.6 Å². The first-order valence-corrected chi connectivity index (χ1v) is 10.5. The highest BCUT2D eigenvalue weighted by molar-refractivity contribution is 7.99. The Bertz CT molecular complexity index is 966. The summed E-state index contributed by atoms with van der Waals surface area (Å²) in [5.41, 5.74) is 7.00. The van der Waals surface area contributed by atoms with Gasteiger partial charge in [-0.2, -0.15) is 9.61 Å². The van der Waals surface area contributed by atoms with E-state index in [1.807, 2.05) is 16.6 Å². The molecular weight excluding hydrogens is 401 g/mol. The lowest BCUT2D eigenvalue weighted by atomic mass is 9.80. The van der Waals surface area contributed by atoms with Gasteiger partial charge in [0.15, 0.2) is 5.65 Å². The van der Waals surface area contributed by atoms with Crippen molar-refractivity contribution in [3.63, 3.8) is 0 Å². The maximum Gasteiger partial charge on any atom is 0.171 e. The molecule has 8 heteroatoms. The maximum atomic E-state index is 6.35. The average molecular weight is 422 g/mol. The molecule has 142 valence electrons. The molecule has 2 aromatic heterocycles. The van der Waals surface area contributed by atoms with Gasteiger partial charge in [0, 0.05) is 18.0 Å². The number of pyridine rings is 1. The highest BCUT2D eigenvalue weighted by atomic mass is 35.5. The maximum absolute atomic E-state index is 6.35. The Kier molecular flexibility index (Phi) is 5.25. The summed E-state index contributed by atoms with van der Waals surface area (Å²) in [6.45, 7) is 4.93. The Morgan fingerprint density at radius 3 is 2.67 bits per heavy atom. The van der Waals surface area contributed by atoms with E-state index in [0.717, 1.165) is 53.7 Å². The molecule has 27 heavy (non-hydrogen) atoms. The smallest absolute Gasteiger partial charge is 0.171 e. The number of anilines is 1. The first-order chi connectivity index (χ1) is 13.0. The van der Waals surface area contributed by atoms with E-state index in [1.54, 1.807) is 24.2 Å². The van der Waals surface area contributed by atoms with Gasteiger partial charge in [-0.3, -0.25) is 0 Å². The molecule has 3 aromatic rings. The Morgan fingerprint density at radius 2 is 1.93 bits per heavy atom. The quantitative estimate of drug-likeness (QED) is 0.658. The van der Waals surface area contributed by atoms with Crippen molar-refractivity contribution in [2.24, 2.45) is 11.1 Å². The first kappa shape index (κ1) is 18.9. The lowest BCUT2D eigenvalue weighted by Crippen LogP contribution is -2.42. The van der Waals surface area contributed by atoms with Crippen LogP contribution >= 0.6 is 35.0 Å². The lowest BCUT2D eigenvalue weighted by molar-refractivity contribution is 0.257. The SMILES string of the molecule is CC1(CN)CCN(c2ccc(Sc3cccc(Cl)c3Cl)c3ncnn23)CC1. The van der Waals surface area contributed by atoms with Crippen molar-refractivity contribution in [1.29, 1.82) is 0 Å². The van der Waals surface area contributed by atoms with Crippen molar-refractivity contribution < 1.29 is 0 Å². The number of halogens is 2. The van der Waals surface area contributed by atoms with E-state index < -0.39 is 0 Å². The number of hydrogen-bond acceptors (Lipinski definition) is 5. The van der Waals surface area contributed by atoms with Crippen molar-refractivity contribution in [1.82, 2.24) is 14.6 Å². The summed E-state index contributed by atoms with van der Waals surface area (Å²) in [6, 6.07) is 9.83. The number of fused-ring (bicyclic) bond motifs is 1. The highest BCUT2D eigenvalue weighted by Gasteiger charge is 2.29. The summed E-state index contributed by atoms with van der Waals surface area (Å²) >= 11 is 14.0. The van der Waals surface area contributed by atoms with Crippen LogP contribution in [0.15, 0.2) is 46.5 Å². The first-order valence-electron chi connectivity index (χ1n) is 8.90. The molecule has 0 unspecified atom stereocenters. The van der Waals surface area contributed by atoms with Crippen LogP contribution in [0.3, 0.4) is 0 Å². The molecule has 0 amide bonds. The summed E-state index contributed by atoms with van der Waals surface area (Å²) in [7, 11) is 0. The third-order valence-corrected chi connectivity index (χ3v) is 7.32. The average Bonchev–Trinajstić information content (AvgIpc) is 3.17. The van der Waals surface area contributed by atoms with E-state index in [9.17, 15) is 0 Å². The molecule has 3 heterocycles. The Balaban J connectivity index is 1.64. The van der Waals surface area contributed by atoms with E-state index in [-0.39, 0.29) is 5.41 Å². The van der Waals surface area contributed by atoms with Crippen LogP contribution in [0.4, 0.5) is 5.82 Å². The molecule has 0 aliphatic carbocycles. The third kappa shape index (κ3) is 3.63. The summed E-state index contributed by atoms with van der Waals surface area (Å²) in [5, 5.41) is 5.57. The van der Waals surface area contributed by atoms with E-state index in [1.165, 1.54) is 0 Å². The lowest BCUT2D eigenvalue weighted by Gasteiger charge is -2.39. The van der Waals surface area contributed by atoms with Gasteiger partial charge in [-0.15, -0.1) is 0 Å². The minimum Gasteiger partial charge on any atom is -0.356 e. The van der Waals surface area contributed by atoms with Gasteiger partial charge >= 0.3 is 0 Å². The molecule has 1 aliphatic heterocycles. The summed E-state index contributed by atoms with van der Waals surface area (Å²) in [5.74, 6) is 1.06. The second-order valence-electron chi connectivity index (χ2n) is 7.21. The normalized spacial score (nSPS) is 16.8. The predicted molar refractivity (Wildman–Crippen MR) is 112 cm³/mol. The molecule has 2 N–H and O–H groups in total. The van der Waals surface area contributed by atoms with Gasteiger partial charge in [0.05, 0.1) is 14.9 Å². The van der Waals surface area contributed by atoms with Crippen molar-refractivity contribution in [3.05, 3.63) is 46.7 Å². The number of benzene rings is 1. The number of nitrogens with zero attached hydrogens (tertiary/aromatic N) is 4. The highest BCUT2D eigenvalue weighted by Crippen LogP contribution is 2.39. The topological polar surface area (TPSA) is 59.5 Å². The second-order valence-corrected chi connectivity index (χ2v) is 9.08. The van der Waals surface area contributed by atoms with Gasteiger partial charge in [0.25, 0.3) is 0 Å². The Labute approximate surface area is 172 Å². The van der Waals surface area contributed by atoms with Crippen molar-refractivity contribution >= 4 is 46.4 Å². The minimum atomic E-state index is 0.233. The zero-order valence-corrected chi connectivity index (χ0v) is 17.4. The van der Waals surface area contributed by atoms with Crippen LogP contribution in [0.25, 0.3) is 5.65 Å². The Morgan fingerprint density at radius 1 is 1.15 bits per heavy atom. The molecule has 0 atom stereocenters. The second kappa shape index (κ2) is 7.51. The molecule has 4 rings (SSSR count). The van der Waals surface area contributed by atoms with Crippen molar-refractivity contribution in [2.75, 3.05) is 24.5 Å². The van der Waals surface area contributed by atoms with E-state index in [0.29, 0.717) is 10.0 Å². The van der Waals surface area contributed by atoms with E-state index >= 15 is 0 Å².